The molecule has 0 unspecified atom stereocenters. The second-order valence-corrected chi connectivity index (χ2v) is 7.13. The van der Waals surface area contributed by atoms with Gasteiger partial charge in [-0.25, -0.2) is 18.7 Å². The van der Waals surface area contributed by atoms with Crippen LogP contribution >= 0.6 is 0 Å². The van der Waals surface area contributed by atoms with Crippen molar-refractivity contribution in [3.05, 3.63) is 71.6 Å². The molecule has 1 fully saturated rings. The van der Waals surface area contributed by atoms with Crippen molar-refractivity contribution in [2.45, 2.75) is 19.8 Å². The molecule has 3 aromatic rings. The van der Waals surface area contributed by atoms with Crippen LogP contribution in [0.1, 0.15) is 29.0 Å². The lowest BCUT2D eigenvalue weighted by Crippen LogP contribution is -2.19. The molecule has 2 heterocycles. The zero-order valence-corrected chi connectivity index (χ0v) is 16.5. The lowest BCUT2D eigenvalue weighted by molar-refractivity contribution is 0.102. The highest BCUT2D eigenvalue weighted by Crippen LogP contribution is 2.24. The molecule has 0 atom stereocenters. The average Bonchev–Trinajstić information content (AvgIpc) is 3.24. The number of aryl methyl sites for hydroxylation is 1. The minimum Gasteiger partial charge on any atom is -0.356 e. The van der Waals surface area contributed by atoms with E-state index in [4.69, 9.17) is 0 Å². The number of hydrogen-bond donors (Lipinski definition) is 2. The molecule has 1 aromatic heterocycles. The van der Waals surface area contributed by atoms with E-state index >= 15 is 0 Å². The first-order chi connectivity index (χ1) is 14.5. The van der Waals surface area contributed by atoms with Crippen molar-refractivity contribution < 1.29 is 13.6 Å². The van der Waals surface area contributed by atoms with E-state index in [1.54, 1.807) is 24.3 Å². The van der Waals surface area contributed by atoms with E-state index in [0.717, 1.165) is 36.7 Å². The first-order valence-corrected chi connectivity index (χ1v) is 9.72. The van der Waals surface area contributed by atoms with Crippen LogP contribution in [0.2, 0.25) is 0 Å². The van der Waals surface area contributed by atoms with Crippen LogP contribution < -0.4 is 15.5 Å². The van der Waals surface area contributed by atoms with Crippen molar-refractivity contribution in [3.8, 4) is 0 Å². The van der Waals surface area contributed by atoms with Crippen LogP contribution in [-0.2, 0) is 0 Å². The number of hydrogen-bond acceptors (Lipinski definition) is 5. The molecule has 154 valence electrons. The molecule has 30 heavy (non-hydrogen) atoms. The Morgan fingerprint density at radius 2 is 1.67 bits per heavy atom. The van der Waals surface area contributed by atoms with Gasteiger partial charge in [-0.2, -0.15) is 0 Å². The number of halogens is 2. The highest BCUT2D eigenvalue weighted by Gasteiger charge is 2.15. The number of amides is 1. The Morgan fingerprint density at radius 3 is 2.37 bits per heavy atom. The van der Waals surface area contributed by atoms with E-state index in [1.807, 2.05) is 13.0 Å². The van der Waals surface area contributed by atoms with Crippen LogP contribution in [-0.4, -0.2) is 29.0 Å². The van der Waals surface area contributed by atoms with E-state index < -0.39 is 17.5 Å². The summed E-state index contributed by atoms with van der Waals surface area (Å²) in [5.41, 5.74) is 1.06. The second kappa shape index (κ2) is 8.44. The van der Waals surface area contributed by atoms with Crippen molar-refractivity contribution >= 4 is 28.9 Å². The average molecular weight is 409 g/mol. The van der Waals surface area contributed by atoms with E-state index in [0.29, 0.717) is 23.4 Å². The number of nitrogens with one attached hydrogen (secondary N) is 2. The highest BCUT2D eigenvalue weighted by atomic mass is 19.1. The highest BCUT2D eigenvalue weighted by molar-refractivity contribution is 6.04. The van der Waals surface area contributed by atoms with Crippen LogP contribution in [0, 0.1) is 18.6 Å². The molecule has 0 aliphatic carbocycles. The third-order valence-electron chi connectivity index (χ3n) is 4.85. The minimum atomic E-state index is -0.904. The normalized spacial score (nSPS) is 13.4. The van der Waals surface area contributed by atoms with Gasteiger partial charge in [-0.05, 0) is 56.2 Å². The van der Waals surface area contributed by atoms with Crippen LogP contribution in [0.3, 0.4) is 0 Å². The Morgan fingerprint density at radius 1 is 0.967 bits per heavy atom. The number of anilines is 4. The summed E-state index contributed by atoms with van der Waals surface area (Å²) >= 11 is 0. The van der Waals surface area contributed by atoms with Crippen LogP contribution in [0.15, 0.2) is 48.5 Å². The van der Waals surface area contributed by atoms with Gasteiger partial charge in [0.05, 0.1) is 5.56 Å². The molecule has 8 heteroatoms. The lowest BCUT2D eigenvalue weighted by atomic mass is 10.2. The van der Waals surface area contributed by atoms with Crippen LogP contribution in [0.5, 0.6) is 0 Å². The van der Waals surface area contributed by atoms with E-state index in [9.17, 15) is 13.6 Å². The third-order valence-corrected chi connectivity index (χ3v) is 4.85. The molecule has 0 bridgehead atoms. The molecule has 1 aliphatic heterocycles. The zero-order chi connectivity index (χ0) is 21.1. The predicted molar refractivity (Wildman–Crippen MR) is 112 cm³/mol. The Hall–Kier alpha value is -3.55. The first kappa shape index (κ1) is 19.8. The SMILES string of the molecule is Cc1nc(Nc2ccc(NC(=O)c3ccc(F)cc3F)cc2)cc(N2CCCC2)n1. The first-order valence-electron chi connectivity index (χ1n) is 9.72. The Kier molecular flexibility index (Phi) is 5.56. The van der Waals surface area contributed by atoms with Crippen LogP contribution in [0.4, 0.5) is 31.8 Å². The van der Waals surface area contributed by atoms with Crippen molar-refractivity contribution in [2.24, 2.45) is 0 Å². The Balaban J connectivity index is 1.44. The van der Waals surface area contributed by atoms with Gasteiger partial charge in [0.2, 0.25) is 0 Å². The van der Waals surface area contributed by atoms with Gasteiger partial charge in [0.15, 0.2) is 0 Å². The molecule has 2 N–H and O–H groups in total. The fraction of sp³-hybridized carbons (Fsp3) is 0.227. The molecule has 0 saturated carbocycles. The van der Waals surface area contributed by atoms with Gasteiger partial charge in [0.1, 0.15) is 29.1 Å². The zero-order valence-electron chi connectivity index (χ0n) is 16.5. The van der Waals surface area contributed by atoms with Crippen molar-refractivity contribution in [3.63, 3.8) is 0 Å². The smallest absolute Gasteiger partial charge is 0.258 e. The number of carbonyl (C=O) groups excluding carboxylic acids is 1. The quantitative estimate of drug-likeness (QED) is 0.641. The summed E-state index contributed by atoms with van der Waals surface area (Å²) < 4.78 is 26.8. The summed E-state index contributed by atoms with van der Waals surface area (Å²) in [5, 5.41) is 5.85. The summed E-state index contributed by atoms with van der Waals surface area (Å²) in [6.45, 7) is 3.86. The number of benzene rings is 2. The lowest BCUT2D eigenvalue weighted by Gasteiger charge is -2.18. The summed E-state index contributed by atoms with van der Waals surface area (Å²) in [6, 6.07) is 11.7. The van der Waals surface area contributed by atoms with Gasteiger partial charge in [-0.1, -0.05) is 0 Å². The number of carbonyl (C=O) groups is 1. The fourth-order valence-corrected chi connectivity index (χ4v) is 3.38. The molecule has 1 amide bonds. The van der Waals surface area contributed by atoms with Gasteiger partial charge >= 0.3 is 0 Å². The molecule has 2 aromatic carbocycles. The maximum Gasteiger partial charge on any atom is 0.258 e. The maximum absolute atomic E-state index is 13.8. The maximum atomic E-state index is 13.8. The van der Waals surface area contributed by atoms with Crippen molar-refractivity contribution in [2.75, 3.05) is 28.6 Å². The number of nitrogens with zero attached hydrogens (tertiary/aromatic N) is 3. The summed E-state index contributed by atoms with van der Waals surface area (Å²) in [7, 11) is 0. The predicted octanol–water partition coefficient (Wildman–Crippen LogP) is 4.66. The standard InChI is InChI=1S/C22H21F2N5O/c1-14-25-20(13-21(26-14)29-10-2-3-11-29)27-16-5-7-17(8-6-16)28-22(30)18-9-4-15(23)12-19(18)24/h4-9,12-13H,2-3,10-11H2,1H3,(H,28,30)(H,25,26,27). The third kappa shape index (κ3) is 4.53. The largest absolute Gasteiger partial charge is 0.356 e. The Bertz CT molecular complexity index is 1070. The molecule has 0 spiro atoms. The summed E-state index contributed by atoms with van der Waals surface area (Å²) in [4.78, 5) is 23.4. The minimum absolute atomic E-state index is 0.218. The van der Waals surface area contributed by atoms with Gasteiger partial charge < -0.3 is 15.5 Å². The van der Waals surface area contributed by atoms with Crippen LogP contribution in [0.25, 0.3) is 0 Å². The second-order valence-electron chi connectivity index (χ2n) is 7.13. The topological polar surface area (TPSA) is 70.2 Å². The van der Waals surface area contributed by atoms with Gasteiger partial charge in [0.25, 0.3) is 5.91 Å². The molecule has 1 aliphatic rings. The molecule has 1 saturated heterocycles. The summed E-state index contributed by atoms with van der Waals surface area (Å²) in [6.07, 6.45) is 2.33. The van der Waals surface area contributed by atoms with Crippen molar-refractivity contribution in [1.82, 2.24) is 9.97 Å². The molecule has 6 nitrogen and oxygen atoms in total. The van der Waals surface area contributed by atoms with Gasteiger partial charge in [-0.15, -0.1) is 0 Å². The molecule has 4 rings (SSSR count). The van der Waals surface area contributed by atoms with E-state index in [-0.39, 0.29) is 5.56 Å². The molecular formula is C22H21F2N5O. The number of aromatic nitrogens is 2. The van der Waals surface area contributed by atoms with Gasteiger partial charge in [0, 0.05) is 36.6 Å². The van der Waals surface area contributed by atoms with E-state index in [2.05, 4.69) is 25.5 Å². The van der Waals surface area contributed by atoms with Gasteiger partial charge in [-0.3, -0.25) is 4.79 Å². The fourth-order valence-electron chi connectivity index (χ4n) is 3.38. The number of rotatable bonds is 5. The summed E-state index contributed by atoms with van der Waals surface area (Å²) in [5.74, 6) is 0.00956. The monoisotopic (exact) mass is 409 g/mol. The van der Waals surface area contributed by atoms with E-state index in [1.165, 1.54) is 12.8 Å². The Labute approximate surface area is 173 Å². The molecule has 0 radical (unpaired) electrons. The van der Waals surface area contributed by atoms with Crippen molar-refractivity contribution in [1.29, 1.82) is 0 Å². The molecular weight excluding hydrogens is 388 g/mol.